The molecule has 1 saturated carbocycles. The van der Waals surface area contributed by atoms with Gasteiger partial charge >= 0.3 is 0 Å². The SMILES string of the molecule is CCSC1CCCC1NC(=O)CC(C)C1CCNCC1. The van der Waals surface area contributed by atoms with Crippen LogP contribution in [-0.2, 0) is 4.79 Å². The number of hydrogen-bond acceptors (Lipinski definition) is 3. The number of carbonyl (C=O) groups excluding carboxylic acids is 1. The largest absolute Gasteiger partial charge is 0.352 e. The fourth-order valence-corrected chi connectivity index (χ4v) is 4.84. The van der Waals surface area contributed by atoms with E-state index in [0.717, 1.165) is 24.8 Å². The fourth-order valence-electron chi connectivity index (χ4n) is 3.64. The summed E-state index contributed by atoms with van der Waals surface area (Å²) in [5.41, 5.74) is 0. The lowest BCUT2D eigenvalue weighted by molar-refractivity contribution is -0.123. The van der Waals surface area contributed by atoms with Crippen molar-refractivity contribution in [2.75, 3.05) is 18.8 Å². The average molecular weight is 298 g/mol. The summed E-state index contributed by atoms with van der Waals surface area (Å²) in [6.07, 6.45) is 6.88. The molecule has 1 heterocycles. The van der Waals surface area contributed by atoms with Crippen molar-refractivity contribution < 1.29 is 4.79 Å². The quantitative estimate of drug-likeness (QED) is 0.792. The molecule has 4 heteroatoms. The van der Waals surface area contributed by atoms with Crippen LogP contribution < -0.4 is 10.6 Å². The first-order valence-corrected chi connectivity index (χ1v) is 9.37. The molecule has 2 fully saturated rings. The molecule has 2 rings (SSSR count). The van der Waals surface area contributed by atoms with Gasteiger partial charge in [-0.25, -0.2) is 0 Å². The number of piperidine rings is 1. The van der Waals surface area contributed by atoms with Crippen LogP contribution in [0.2, 0.25) is 0 Å². The van der Waals surface area contributed by atoms with Gasteiger partial charge in [-0.3, -0.25) is 4.79 Å². The molecule has 0 aromatic heterocycles. The summed E-state index contributed by atoms with van der Waals surface area (Å²) in [6, 6.07) is 0.424. The second-order valence-corrected chi connectivity index (χ2v) is 7.88. The van der Waals surface area contributed by atoms with Gasteiger partial charge in [0.25, 0.3) is 0 Å². The molecule has 0 spiro atoms. The van der Waals surface area contributed by atoms with Crippen molar-refractivity contribution in [1.29, 1.82) is 0 Å². The summed E-state index contributed by atoms with van der Waals surface area (Å²) < 4.78 is 0. The third-order valence-corrected chi connectivity index (χ3v) is 6.20. The van der Waals surface area contributed by atoms with Crippen molar-refractivity contribution >= 4 is 17.7 Å². The number of rotatable bonds is 6. The Hall–Kier alpha value is -0.220. The van der Waals surface area contributed by atoms with Crippen LogP contribution in [0.3, 0.4) is 0 Å². The van der Waals surface area contributed by atoms with E-state index in [1.165, 1.54) is 32.1 Å². The maximum Gasteiger partial charge on any atom is 0.220 e. The monoisotopic (exact) mass is 298 g/mol. The molecule has 20 heavy (non-hydrogen) atoms. The van der Waals surface area contributed by atoms with Crippen molar-refractivity contribution in [1.82, 2.24) is 10.6 Å². The third kappa shape index (κ3) is 4.66. The van der Waals surface area contributed by atoms with Gasteiger partial charge in [-0.1, -0.05) is 20.3 Å². The van der Waals surface area contributed by atoms with Gasteiger partial charge in [0.05, 0.1) is 0 Å². The number of hydrogen-bond donors (Lipinski definition) is 2. The van der Waals surface area contributed by atoms with E-state index >= 15 is 0 Å². The molecular weight excluding hydrogens is 268 g/mol. The van der Waals surface area contributed by atoms with Crippen LogP contribution >= 0.6 is 11.8 Å². The van der Waals surface area contributed by atoms with E-state index in [1.54, 1.807) is 0 Å². The van der Waals surface area contributed by atoms with Crippen molar-refractivity contribution in [2.45, 2.75) is 63.7 Å². The summed E-state index contributed by atoms with van der Waals surface area (Å²) in [4.78, 5) is 12.3. The minimum Gasteiger partial charge on any atom is -0.352 e. The highest BCUT2D eigenvalue weighted by Gasteiger charge is 2.29. The standard InChI is InChI=1S/C16H30N2OS/c1-3-20-15-6-4-5-14(15)18-16(19)11-12(2)13-7-9-17-10-8-13/h12-15,17H,3-11H2,1-2H3,(H,18,19). The highest BCUT2D eigenvalue weighted by Crippen LogP contribution is 2.30. The van der Waals surface area contributed by atoms with Crippen LogP contribution in [-0.4, -0.2) is 36.0 Å². The highest BCUT2D eigenvalue weighted by atomic mass is 32.2. The maximum absolute atomic E-state index is 12.3. The summed E-state index contributed by atoms with van der Waals surface area (Å²) in [7, 11) is 0. The summed E-state index contributed by atoms with van der Waals surface area (Å²) in [6.45, 7) is 6.70. The Morgan fingerprint density at radius 1 is 1.30 bits per heavy atom. The van der Waals surface area contributed by atoms with Crippen LogP contribution in [0.4, 0.5) is 0 Å². The Morgan fingerprint density at radius 2 is 2.05 bits per heavy atom. The van der Waals surface area contributed by atoms with E-state index < -0.39 is 0 Å². The summed E-state index contributed by atoms with van der Waals surface area (Å²) in [5.74, 6) is 2.69. The number of thioether (sulfide) groups is 1. The van der Waals surface area contributed by atoms with Crippen LogP contribution in [0, 0.1) is 11.8 Å². The molecule has 2 N–H and O–H groups in total. The molecule has 0 aromatic carbocycles. The van der Waals surface area contributed by atoms with Gasteiger partial charge in [0, 0.05) is 17.7 Å². The van der Waals surface area contributed by atoms with Crippen LogP contribution in [0.15, 0.2) is 0 Å². The molecule has 0 aromatic rings. The topological polar surface area (TPSA) is 41.1 Å². The number of nitrogens with one attached hydrogen (secondary N) is 2. The summed E-state index contributed by atoms with van der Waals surface area (Å²) >= 11 is 2.01. The first kappa shape index (κ1) is 16.2. The van der Waals surface area contributed by atoms with Crippen LogP contribution in [0.25, 0.3) is 0 Å². The molecule has 1 amide bonds. The molecule has 1 aliphatic carbocycles. The van der Waals surface area contributed by atoms with Gasteiger partial charge in [0.1, 0.15) is 0 Å². The Morgan fingerprint density at radius 3 is 2.75 bits per heavy atom. The van der Waals surface area contributed by atoms with Gasteiger partial charge in [-0.15, -0.1) is 0 Å². The Bertz CT molecular complexity index is 305. The zero-order valence-corrected chi connectivity index (χ0v) is 13.8. The van der Waals surface area contributed by atoms with E-state index in [1.807, 2.05) is 11.8 Å². The number of amides is 1. The van der Waals surface area contributed by atoms with Gasteiger partial charge in [0.2, 0.25) is 5.91 Å². The predicted molar refractivity (Wildman–Crippen MR) is 87.1 cm³/mol. The normalized spacial score (nSPS) is 29.3. The molecule has 0 radical (unpaired) electrons. The molecule has 1 saturated heterocycles. The van der Waals surface area contributed by atoms with E-state index in [2.05, 4.69) is 24.5 Å². The van der Waals surface area contributed by atoms with Gasteiger partial charge in [-0.2, -0.15) is 11.8 Å². The molecule has 3 nitrogen and oxygen atoms in total. The van der Waals surface area contributed by atoms with E-state index in [4.69, 9.17) is 0 Å². The Balaban J connectivity index is 1.73. The predicted octanol–water partition coefficient (Wildman–Crippen LogP) is 2.80. The van der Waals surface area contributed by atoms with Crippen molar-refractivity contribution in [2.24, 2.45) is 11.8 Å². The third-order valence-electron chi connectivity index (χ3n) is 4.88. The molecule has 2 aliphatic rings. The molecule has 3 atom stereocenters. The van der Waals surface area contributed by atoms with Gasteiger partial charge < -0.3 is 10.6 Å². The molecular formula is C16H30N2OS. The lowest BCUT2D eigenvalue weighted by Gasteiger charge is -2.28. The zero-order chi connectivity index (χ0) is 14.4. The van der Waals surface area contributed by atoms with Gasteiger partial charge in [0.15, 0.2) is 0 Å². The second kappa shape index (κ2) is 8.28. The smallest absolute Gasteiger partial charge is 0.220 e. The molecule has 1 aliphatic heterocycles. The highest BCUT2D eigenvalue weighted by molar-refractivity contribution is 7.99. The fraction of sp³-hybridized carbons (Fsp3) is 0.938. The van der Waals surface area contributed by atoms with E-state index in [0.29, 0.717) is 23.6 Å². The van der Waals surface area contributed by atoms with Crippen molar-refractivity contribution in [3.63, 3.8) is 0 Å². The first-order chi connectivity index (χ1) is 9.70. The Kier molecular flexibility index (Phi) is 6.69. The lowest BCUT2D eigenvalue weighted by Crippen LogP contribution is -2.40. The summed E-state index contributed by atoms with van der Waals surface area (Å²) in [5, 5.41) is 7.36. The molecule has 116 valence electrons. The second-order valence-electron chi connectivity index (χ2n) is 6.37. The van der Waals surface area contributed by atoms with E-state index in [-0.39, 0.29) is 5.91 Å². The average Bonchev–Trinajstić information content (AvgIpc) is 2.87. The van der Waals surface area contributed by atoms with Crippen LogP contribution in [0.1, 0.15) is 52.4 Å². The van der Waals surface area contributed by atoms with Crippen LogP contribution in [0.5, 0.6) is 0 Å². The van der Waals surface area contributed by atoms with Crippen molar-refractivity contribution in [3.05, 3.63) is 0 Å². The number of carbonyl (C=O) groups is 1. The van der Waals surface area contributed by atoms with Crippen molar-refractivity contribution in [3.8, 4) is 0 Å². The van der Waals surface area contributed by atoms with Gasteiger partial charge in [-0.05, 0) is 56.4 Å². The molecule has 0 bridgehead atoms. The minimum atomic E-state index is 0.282. The first-order valence-electron chi connectivity index (χ1n) is 8.32. The minimum absolute atomic E-state index is 0.282. The maximum atomic E-state index is 12.3. The zero-order valence-electron chi connectivity index (χ0n) is 13.0. The lowest BCUT2D eigenvalue weighted by atomic mass is 9.84. The molecule has 3 unspecified atom stereocenters. The Labute approximate surface area is 128 Å². The van der Waals surface area contributed by atoms with E-state index in [9.17, 15) is 4.79 Å².